The Morgan fingerprint density at radius 2 is 1.75 bits per heavy atom. The second kappa shape index (κ2) is 9.13. The van der Waals surface area contributed by atoms with E-state index < -0.39 is 0 Å². The summed E-state index contributed by atoms with van der Waals surface area (Å²) in [6.07, 6.45) is 0. The third-order valence-corrected chi connectivity index (χ3v) is 5.26. The van der Waals surface area contributed by atoms with Crippen molar-refractivity contribution in [2.24, 2.45) is 0 Å². The standard InChI is InChI=1S/C22H26ClN3O2/c1-15-19(13-24-12-17-9-10-21(27-3)22(11-17)28-4)16(2)26(25-15)14-18-7-5-6-8-20(18)23/h5-11,24H,12-14H2,1-4H3. The Balaban J connectivity index is 1.67. The van der Waals surface area contributed by atoms with Crippen molar-refractivity contribution in [1.29, 1.82) is 0 Å². The lowest BCUT2D eigenvalue weighted by atomic mass is 10.1. The summed E-state index contributed by atoms with van der Waals surface area (Å²) in [7, 11) is 3.29. The lowest BCUT2D eigenvalue weighted by Gasteiger charge is -2.11. The average Bonchev–Trinajstić information content (AvgIpc) is 2.97. The SMILES string of the molecule is COc1ccc(CNCc2c(C)nn(Cc3ccccc3Cl)c2C)cc1OC. The molecule has 0 radical (unpaired) electrons. The van der Waals surface area contributed by atoms with Gasteiger partial charge < -0.3 is 14.8 Å². The van der Waals surface area contributed by atoms with Crippen molar-refractivity contribution in [3.8, 4) is 11.5 Å². The summed E-state index contributed by atoms with van der Waals surface area (Å²) in [4.78, 5) is 0. The molecule has 6 heteroatoms. The zero-order valence-electron chi connectivity index (χ0n) is 16.8. The Labute approximate surface area is 171 Å². The summed E-state index contributed by atoms with van der Waals surface area (Å²) < 4.78 is 12.7. The number of aryl methyl sites for hydroxylation is 1. The van der Waals surface area contributed by atoms with E-state index in [2.05, 4.69) is 12.2 Å². The first kappa shape index (κ1) is 20.2. The molecule has 0 aliphatic carbocycles. The first-order valence-corrected chi connectivity index (χ1v) is 9.59. The van der Waals surface area contributed by atoms with E-state index >= 15 is 0 Å². The first-order valence-electron chi connectivity index (χ1n) is 9.21. The highest BCUT2D eigenvalue weighted by molar-refractivity contribution is 6.31. The van der Waals surface area contributed by atoms with Crippen LogP contribution in [0.4, 0.5) is 0 Å². The second-order valence-corrected chi connectivity index (χ2v) is 7.10. The van der Waals surface area contributed by atoms with Crippen LogP contribution in [-0.2, 0) is 19.6 Å². The Morgan fingerprint density at radius 1 is 1.00 bits per heavy atom. The van der Waals surface area contributed by atoms with E-state index in [4.69, 9.17) is 26.2 Å². The molecule has 0 saturated heterocycles. The van der Waals surface area contributed by atoms with Crippen LogP contribution in [-0.4, -0.2) is 24.0 Å². The Bertz CT molecular complexity index is 953. The van der Waals surface area contributed by atoms with Crippen molar-refractivity contribution in [3.05, 3.63) is 75.6 Å². The van der Waals surface area contributed by atoms with Crippen molar-refractivity contribution in [2.75, 3.05) is 14.2 Å². The smallest absolute Gasteiger partial charge is 0.161 e. The number of halogens is 1. The van der Waals surface area contributed by atoms with Gasteiger partial charge in [0.1, 0.15) is 0 Å². The molecule has 2 aromatic carbocycles. The maximum absolute atomic E-state index is 6.30. The molecule has 0 unspecified atom stereocenters. The number of hydrogen-bond donors (Lipinski definition) is 1. The number of benzene rings is 2. The van der Waals surface area contributed by atoms with Gasteiger partial charge in [-0.3, -0.25) is 4.68 Å². The van der Waals surface area contributed by atoms with Crippen LogP contribution in [0.3, 0.4) is 0 Å². The van der Waals surface area contributed by atoms with Crippen LogP contribution in [0.25, 0.3) is 0 Å². The fourth-order valence-electron chi connectivity index (χ4n) is 3.25. The predicted octanol–water partition coefficient (Wildman–Crippen LogP) is 4.51. The largest absolute Gasteiger partial charge is 0.493 e. The predicted molar refractivity (Wildman–Crippen MR) is 112 cm³/mol. The average molecular weight is 400 g/mol. The van der Waals surface area contributed by atoms with Crippen molar-refractivity contribution < 1.29 is 9.47 Å². The zero-order chi connectivity index (χ0) is 20.1. The molecule has 0 aliphatic heterocycles. The highest BCUT2D eigenvalue weighted by Gasteiger charge is 2.13. The molecule has 0 bridgehead atoms. The highest BCUT2D eigenvalue weighted by Crippen LogP contribution is 2.27. The van der Waals surface area contributed by atoms with Crippen molar-refractivity contribution in [3.63, 3.8) is 0 Å². The maximum atomic E-state index is 6.30. The lowest BCUT2D eigenvalue weighted by molar-refractivity contribution is 0.354. The molecule has 1 heterocycles. The van der Waals surface area contributed by atoms with Gasteiger partial charge in [-0.15, -0.1) is 0 Å². The van der Waals surface area contributed by atoms with Gasteiger partial charge in [0.15, 0.2) is 11.5 Å². The van der Waals surface area contributed by atoms with E-state index in [1.54, 1.807) is 14.2 Å². The number of rotatable bonds is 8. The molecule has 3 rings (SSSR count). The Hall–Kier alpha value is -2.50. The summed E-state index contributed by atoms with van der Waals surface area (Å²) >= 11 is 6.30. The number of hydrogen-bond acceptors (Lipinski definition) is 4. The number of aromatic nitrogens is 2. The van der Waals surface area contributed by atoms with E-state index in [0.717, 1.165) is 52.1 Å². The van der Waals surface area contributed by atoms with E-state index in [-0.39, 0.29) is 0 Å². The van der Waals surface area contributed by atoms with Crippen LogP contribution < -0.4 is 14.8 Å². The number of ether oxygens (including phenoxy) is 2. The Kier molecular flexibility index (Phi) is 6.60. The minimum Gasteiger partial charge on any atom is -0.493 e. The molecular weight excluding hydrogens is 374 g/mol. The lowest BCUT2D eigenvalue weighted by Crippen LogP contribution is -2.14. The van der Waals surface area contributed by atoms with Crippen molar-refractivity contribution in [2.45, 2.75) is 33.5 Å². The van der Waals surface area contributed by atoms with E-state index in [1.165, 1.54) is 5.56 Å². The summed E-state index contributed by atoms with van der Waals surface area (Å²) in [5, 5.41) is 8.97. The van der Waals surface area contributed by atoms with Gasteiger partial charge in [0.2, 0.25) is 0 Å². The van der Waals surface area contributed by atoms with E-state index in [1.807, 2.05) is 54.1 Å². The quantitative estimate of drug-likeness (QED) is 0.605. The summed E-state index contributed by atoms with van der Waals surface area (Å²) in [6.45, 7) is 6.29. The van der Waals surface area contributed by atoms with Gasteiger partial charge in [-0.2, -0.15) is 5.10 Å². The summed E-state index contributed by atoms with van der Waals surface area (Å²) in [5.41, 5.74) is 5.60. The minimum absolute atomic E-state index is 0.669. The van der Waals surface area contributed by atoms with Gasteiger partial charge in [-0.05, 0) is 43.2 Å². The molecule has 5 nitrogen and oxygen atoms in total. The molecule has 28 heavy (non-hydrogen) atoms. The highest BCUT2D eigenvalue weighted by atomic mass is 35.5. The van der Waals surface area contributed by atoms with E-state index in [9.17, 15) is 0 Å². The van der Waals surface area contributed by atoms with Gasteiger partial charge in [0.25, 0.3) is 0 Å². The van der Waals surface area contributed by atoms with Crippen LogP contribution in [0.1, 0.15) is 28.1 Å². The monoisotopic (exact) mass is 399 g/mol. The molecule has 1 aromatic heterocycles. The van der Waals surface area contributed by atoms with Gasteiger partial charge in [0.05, 0.1) is 26.5 Å². The molecule has 0 aliphatic rings. The number of nitrogens with one attached hydrogen (secondary N) is 1. The van der Waals surface area contributed by atoms with Crippen molar-refractivity contribution in [1.82, 2.24) is 15.1 Å². The molecular formula is C22H26ClN3O2. The third-order valence-electron chi connectivity index (χ3n) is 4.89. The van der Waals surface area contributed by atoms with Gasteiger partial charge >= 0.3 is 0 Å². The van der Waals surface area contributed by atoms with Crippen LogP contribution in [0.5, 0.6) is 11.5 Å². The van der Waals surface area contributed by atoms with Crippen LogP contribution in [0.15, 0.2) is 42.5 Å². The van der Waals surface area contributed by atoms with Crippen molar-refractivity contribution >= 4 is 11.6 Å². The molecule has 0 atom stereocenters. The molecule has 148 valence electrons. The fourth-order valence-corrected chi connectivity index (χ4v) is 3.45. The number of methoxy groups -OCH3 is 2. The summed E-state index contributed by atoms with van der Waals surface area (Å²) in [5.74, 6) is 1.47. The Morgan fingerprint density at radius 3 is 2.46 bits per heavy atom. The molecule has 1 N–H and O–H groups in total. The minimum atomic E-state index is 0.669. The molecule has 0 fully saturated rings. The van der Waals surface area contributed by atoms with Gasteiger partial charge in [-0.1, -0.05) is 35.9 Å². The fraction of sp³-hybridized carbons (Fsp3) is 0.318. The topological polar surface area (TPSA) is 48.3 Å². The van der Waals surface area contributed by atoms with Crippen LogP contribution in [0, 0.1) is 13.8 Å². The molecule has 0 spiro atoms. The molecule has 3 aromatic rings. The normalized spacial score (nSPS) is 10.9. The number of nitrogens with zero attached hydrogens (tertiary/aromatic N) is 2. The van der Waals surface area contributed by atoms with Crippen LogP contribution >= 0.6 is 11.6 Å². The third kappa shape index (κ3) is 4.49. The second-order valence-electron chi connectivity index (χ2n) is 6.69. The summed E-state index contributed by atoms with van der Waals surface area (Å²) in [6, 6.07) is 13.8. The van der Waals surface area contributed by atoms with Gasteiger partial charge in [0, 0.05) is 29.4 Å². The van der Waals surface area contributed by atoms with E-state index in [0.29, 0.717) is 6.54 Å². The van der Waals surface area contributed by atoms with Gasteiger partial charge in [-0.25, -0.2) is 0 Å². The molecule has 0 amide bonds. The maximum Gasteiger partial charge on any atom is 0.161 e. The first-order chi connectivity index (χ1) is 13.5. The van der Waals surface area contributed by atoms with Crippen LogP contribution in [0.2, 0.25) is 5.02 Å². The zero-order valence-corrected chi connectivity index (χ0v) is 17.5. The molecule has 0 saturated carbocycles.